The highest BCUT2D eigenvalue weighted by Crippen LogP contribution is 2.25. The number of anilines is 1. The molecule has 1 atom stereocenters. The maximum absolute atomic E-state index is 5.98. The molecule has 2 aromatic heterocycles. The molecule has 0 unspecified atom stereocenters. The van der Waals surface area contributed by atoms with E-state index in [9.17, 15) is 0 Å². The molecule has 1 fully saturated rings. The maximum atomic E-state index is 5.98. The smallest absolute Gasteiger partial charge is 0.152 e. The summed E-state index contributed by atoms with van der Waals surface area (Å²) in [6.07, 6.45) is 1.73. The molecule has 6 heteroatoms. The second-order valence-corrected chi connectivity index (χ2v) is 6.70. The number of nitrogens with zero attached hydrogens (tertiary/aromatic N) is 3. The minimum Gasteiger partial charge on any atom is -0.497 e. The molecule has 1 aliphatic rings. The van der Waals surface area contributed by atoms with Crippen molar-refractivity contribution < 1.29 is 9.15 Å². The molecule has 0 saturated carbocycles. The Balaban J connectivity index is 1.38. The fraction of sp³-hybridized carbons (Fsp3) is 0.350. The molecule has 4 rings (SSSR count). The predicted molar refractivity (Wildman–Crippen MR) is 101 cm³/mol. The van der Waals surface area contributed by atoms with Gasteiger partial charge in [0.1, 0.15) is 17.2 Å². The summed E-state index contributed by atoms with van der Waals surface area (Å²) in [7, 11) is 1.70. The first kappa shape index (κ1) is 16.7. The zero-order chi connectivity index (χ0) is 17.9. The number of furan rings is 1. The van der Waals surface area contributed by atoms with Gasteiger partial charge in [0.2, 0.25) is 0 Å². The predicted octanol–water partition coefficient (Wildman–Crippen LogP) is 3.39. The number of rotatable bonds is 5. The largest absolute Gasteiger partial charge is 0.497 e. The second kappa shape index (κ2) is 7.25. The number of methoxy groups -OCH3 is 1. The lowest BCUT2D eigenvalue weighted by molar-refractivity contribution is 0.168. The standard InChI is InChI=1S/C20H24N4O2/c1-15-13-24(16-3-5-17(25-2)6-4-16)12-11-23(15)14-18-7-8-20(26-18)19-9-10-21-22-19/h3-10,15H,11-14H2,1-2H3,(H,21,22)/t15-/m0/s1. The van der Waals surface area contributed by atoms with E-state index in [0.717, 1.165) is 49.1 Å². The summed E-state index contributed by atoms with van der Waals surface area (Å²) >= 11 is 0. The Bertz CT molecular complexity index is 826. The molecule has 0 amide bonds. The van der Waals surface area contributed by atoms with E-state index in [-0.39, 0.29) is 0 Å². The van der Waals surface area contributed by atoms with Crippen LogP contribution in [-0.2, 0) is 6.54 Å². The third-order valence-corrected chi connectivity index (χ3v) is 4.99. The third-order valence-electron chi connectivity index (χ3n) is 4.99. The fourth-order valence-electron chi connectivity index (χ4n) is 3.46. The van der Waals surface area contributed by atoms with Crippen molar-refractivity contribution in [1.82, 2.24) is 15.1 Å². The number of aromatic amines is 1. The molecule has 1 N–H and O–H groups in total. The van der Waals surface area contributed by atoms with Gasteiger partial charge in [-0.05, 0) is 49.4 Å². The van der Waals surface area contributed by atoms with Gasteiger partial charge in [0, 0.05) is 37.6 Å². The van der Waals surface area contributed by atoms with E-state index in [1.807, 2.05) is 24.3 Å². The van der Waals surface area contributed by atoms with Crippen LogP contribution < -0.4 is 9.64 Å². The van der Waals surface area contributed by atoms with Gasteiger partial charge in [0.15, 0.2) is 5.76 Å². The van der Waals surface area contributed by atoms with E-state index < -0.39 is 0 Å². The Morgan fingerprint density at radius 2 is 2.00 bits per heavy atom. The summed E-state index contributed by atoms with van der Waals surface area (Å²) in [5.41, 5.74) is 2.16. The van der Waals surface area contributed by atoms with Crippen LogP contribution in [0.4, 0.5) is 5.69 Å². The van der Waals surface area contributed by atoms with E-state index in [2.05, 4.69) is 45.1 Å². The topological polar surface area (TPSA) is 57.5 Å². The second-order valence-electron chi connectivity index (χ2n) is 6.70. The molecular formula is C20H24N4O2. The quantitative estimate of drug-likeness (QED) is 0.763. The number of hydrogen-bond acceptors (Lipinski definition) is 5. The highest BCUT2D eigenvalue weighted by atomic mass is 16.5. The van der Waals surface area contributed by atoms with Crippen molar-refractivity contribution in [3.63, 3.8) is 0 Å². The van der Waals surface area contributed by atoms with E-state index in [1.54, 1.807) is 13.3 Å². The van der Waals surface area contributed by atoms with Crippen LogP contribution in [0.5, 0.6) is 5.75 Å². The summed E-state index contributed by atoms with van der Waals surface area (Å²) in [6, 6.07) is 14.7. The van der Waals surface area contributed by atoms with E-state index in [4.69, 9.17) is 9.15 Å². The van der Waals surface area contributed by atoms with Crippen molar-refractivity contribution in [2.24, 2.45) is 0 Å². The number of hydrogen-bond donors (Lipinski definition) is 1. The van der Waals surface area contributed by atoms with Crippen molar-refractivity contribution in [2.75, 3.05) is 31.6 Å². The van der Waals surface area contributed by atoms with Gasteiger partial charge in [-0.3, -0.25) is 10.00 Å². The molecular weight excluding hydrogens is 328 g/mol. The minimum atomic E-state index is 0.451. The molecule has 0 bridgehead atoms. The highest BCUT2D eigenvalue weighted by Gasteiger charge is 2.24. The van der Waals surface area contributed by atoms with Gasteiger partial charge >= 0.3 is 0 Å². The van der Waals surface area contributed by atoms with Crippen LogP contribution in [0.2, 0.25) is 0 Å². The Morgan fingerprint density at radius 1 is 1.15 bits per heavy atom. The number of piperazine rings is 1. The summed E-state index contributed by atoms with van der Waals surface area (Å²) in [5, 5.41) is 6.91. The molecule has 0 spiro atoms. The van der Waals surface area contributed by atoms with Crippen molar-refractivity contribution in [2.45, 2.75) is 19.5 Å². The summed E-state index contributed by atoms with van der Waals surface area (Å²) in [5.74, 6) is 2.72. The van der Waals surface area contributed by atoms with Gasteiger partial charge in [-0.1, -0.05) is 0 Å². The van der Waals surface area contributed by atoms with Crippen molar-refractivity contribution in [1.29, 1.82) is 0 Å². The number of H-pyrrole nitrogens is 1. The number of aromatic nitrogens is 2. The monoisotopic (exact) mass is 352 g/mol. The number of nitrogens with one attached hydrogen (secondary N) is 1. The molecule has 3 heterocycles. The van der Waals surface area contributed by atoms with Crippen molar-refractivity contribution in [3.05, 3.63) is 54.4 Å². The first-order valence-corrected chi connectivity index (χ1v) is 8.94. The van der Waals surface area contributed by atoms with Gasteiger partial charge in [-0.15, -0.1) is 0 Å². The Hall–Kier alpha value is -2.73. The zero-order valence-electron chi connectivity index (χ0n) is 15.2. The molecule has 1 aliphatic heterocycles. The summed E-state index contributed by atoms with van der Waals surface area (Å²) in [4.78, 5) is 4.90. The van der Waals surface area contributed by atoms with Gasteiger partial charge in [0.05, 0.1) is 13.7 Å². The van der Waals surface area contributed by atoms with Crippen LogP contribution in [0.15, 0.2) is 53.1 Å². The Labute approximate surface area is 153 Å². The van der Waals surface area contributed by atoms with Crippen LogP contribution in [0.25, 0.3) is 11.5 Å². The first-order valence-electron chi connectivity index (χ1n) is 8.94. The van der Waals surface area contributed by atoms with Gasteiger partial charge in [-0.25, -0.2) is 0 Å². The number of ether oxygens (including phenoxy) is 1. The lowest BCUT2D eigenvalue weighted by Crippen LogP contribution is -2.51. The average molecular weight is 352 g/mol. The molecule has 3 aromatic rings. The average Bonchev–Trinajstić information content (AvgIpc) is 3.35. The van der Waals surface area contributed by atoms with Gasteiger partial charge in [0.25, 0.3) is 0 Å². The minimum absolute atomic E-state index is 0.451. The van der Waals surface area contributed by atoms with Crippen LogP contribution in [0, 0.1) is 0 Å². The summed E-state index contributed by atoms with van der Waals surface area (Å²) in [6.45, 7) is 6.11. The van der Waals surface area contributed by atoms with Gasteiger partial charge in [-0.2, -0.15) is 5.10 Å². The van der Waals surface area contributed by atoms with Crippen LogP contribution >= 0.6 is 0 Å². The van der Waals surface area contributed by atoms with Crippen LogP contribution in [0.1, 0.15) is 12.7 Å². The normalized spacial score (nSPS) is 18.2. The molecule has 6 nitrogen and oxygen atoms in total. The maximum Gasteiger partial charge on any atom is 0.152 e. The van der Waals surface area contributed by atoms with Crippen molar-refractivity contribution in [3.8, 4) is 17.2 Å². The zero-order valence-corrected chi connectivity index (χ0v) is 15.2. The lowest BCUT2D eigenvalue weighted by atomic mass is 10.1. The van der Waals surface area contributed by atoms with Crippen LogP contribution in [0.3, 0.4) is 0 Å². The van der Waals surface area contributed by atoms with E-state index in [1.165, 1.54) is 5.69 Å². The molecule has 1 aromatic carbocycles. The molecule has 0 aliphatic carbocycles. The van der Waals surface area contributed by atoms with E-state index in [0.29, 0.717) is 6.04 Å². The molecule has 26 heavy (non-hydrogen) atoms. The lowest BCUT2D eigenvalue weighted by Gasteiger charge is -2.40. The third kappa shape index (κ3) is 3.46. The number of benzene rings is 1. The van der Waals surface area contributed by atoms with E-state index >= 15 is 0 Å². The first-order chi connectivity index (χ1) is 12.7. The van der Waals surface area contributed by atoms with Crippen molar-refractivity contribution >= 4 is 5.69 Å². The Kier molecular flexibility index (Phi) is 4.67. The molecule has 0 radical (unpaired) electrons. The molecule has 136 valence electrons. The molecule has 1 saturated heterocycles. The highest BCUT2D eigenvalue weighted by molar-refractivity contribution is 5.51. The fourth-order valence-corrected chi connectivity index (χ4v) is 3.46. The van der Waals surface area contributed by atoms with Gasteiger partial charge < -0.3 is 14.1 Å². The SMILES string of the molecule is COc1ccc(N2CCN(Cc3ccc(-c4ccn[nH]4)o3)[C@@H](C)C2)cc1. The Morgan fingerprint density at radius 3 is 2.69 bits per heavy atom. The van der Waals surface area contributed by atoms with Crippen LogP contribution in [-0.4, -0.2) is 47.9 Å². The summed E-state index contributed by atoms with van der Waals surface area (Å²) < 4.78 is 11.2.